The Morgan fingerprint density at radius 3 is 2.62 bits per heavy atom. The van der Waals surface area contributed by atoms with Crippen LogP contribution in [0.3, 0.4) is 0 Å². The fourth-order valence-corrected chi connectivity index (χ4v) is 1.58. The summed E-state index contributed by atoms with van der Waals surface area (Å²) in [6, 6.07) is 5.44. The Labute approximate surface area is 106 Å². The van der Waals surface area contributed by atoms with Crippen molar-refractivity contribution in [3.05, 3.63) is 33.8 Å². The Morgan fingerprint density at radius 2 is 2.06 bits per heavy atom. The maximum absolute atomic E-state index is 11.6. The van der Waals surface area contributed by atoms with Crippen LogP contribution in [0.5, 0.6) is 0 Å². The zero-order chi connectivity index (χ0) is 12.1. The zero-order valence-electron chi connectivity index (χ0n) is 9.39. The van der Waals surface area contributed by atoms with E-state index in [1.807, 2.05) is 19.9 Å². The van der Waals surface area contributed by atoms with Gasteiger partial charge in [0.05, 0.1) is 16.5 Å². The van der Waals surface area contributed by atoms with Crippen LogP contribution in [0.4, 0.5) is 0 Å². The second-order valence-electron chi connectivity index (χ2n) is 3.80. The standard InChI is InChI=1S/C12H15Cl2NO/c1-3-8(2)15-12(16)7-9-4-5-10(13)11(14)6-9/h4-6,8H,3,7H2,1-2H3,(H,15,16)/t8-/m0/s1. The molecule has 4 heteroatoms. The van der Waals surface area contributed by atoms with Gasteiger partial charge in [0.1, 0.15) is 0 Å². The molecule has 0 bridgehead atoms. The number of hydrogen-bond donors (Lipinski definition) is 1. The van der Waals surface area contributed by atoms with Gasteiger partial charge in [0, 0.05) is 6.04 Å². The van der Waals surface area contributed by atoms with Crippen molar-refractivity contribution in [1.29, 1.82) is 0 Å². The molecular formula is C12H15Cl2NO. The third kappa shape index (κ3) is 4.03. The molecule has 0 aliphatic carbocycles. The van der Waals surface area contributed by atoms with Gasteiger partial charge in [0.2, 0.25) is 5.91 Å². The fraction of sp³-hybridized carbons (Fsp3) is 0.417. The smallest absolute Gasteiger partial charge is 0.224 e. The summed E-state index contributed by atoms with van der Waals surface area (Å²) in [5, 5.41) is 3.89. The predicted octanol–water partition coefficient (Wildman–Crippen LogP) is 3.45. The van der Waals surface area contributed by atoms with Crippen molar-refractivity contribution in [2.24, 2.45) is 0 Å². The van der Waals surface area contributed by atoms with E-state index in [0.29, 0.717) is 16.5 Å². The molecule has 0 fully saturated rings. The highest BCUT2D eigenvalue weighted by atomic mass is 35.5. The zero-order valence-corrected chi connectivity index (χ0v) is 10.9. The summed E-state index contributed by atoms with van der Waals surface area (Å²) in [5.74, 6) is 0.00717. The van der Waals surface area contributed by atoms with Crippen molar-refractivity contribution in [3.8, 4) is 0 Å². The van der Waals surface area contributed by atoms with Crippen LogP contribution >= 0.6 is 23.2 Å². The lowest BCUT2D eigenvalue weighted by Crippen LogP contribution is -2.33. The maximum atomic E-state index is 11.6. The third-order valence-corrected chi connectivity index (χ3v) is 3.11. The van der Waals surface area contributed by atoms with Gasteiger partial charge in [-0.05, 0) is 31.0 Å². The van der Waals surface area contributed by atoms with Crippen LogP contribution in [0, 0.1) is 0 Å². The van der Waals surface area contributed by atoms with Gasteiger partial charge < -0.3 is 5.32 Å². The summed E-state index contributed by atoms with van der Waals surface area (Å²) in [6.07, 6.45) is 1.26. The molecular weight excluding hydrogens is 245 g/mol. The monoisotopic (exact) mass is 259 g/mol. The van der Waals surface area contributed by atoms with Gasteiger partial charge in [0.25, 0.3) is 0 Å². The van der Waals surface area contributed by atoms with Crippen LogP contribution in [0.25, 0.3) is 0 Å². The SMILES string of the molecule is CC[C@H](C)NC(=O)Cc1ccc(Cl)c(Cl)c1. The van der Waals surface area contributed by atoms with Crippen molar-refractivity contribution in [2.75, 3.05) is 0 Å². The molecule has 0 radical (unpaired) electrons. The van der Waals surface area contributed by atoms with Crippen LogP contribution in [-0.4, -0.2) is 11.9 Å². The highest BCUT2D eigenvalue weighted by molar-refractivity contribution is 6.42. The number of hydrogen-bond acceptors (Lipinski definition) is 1. The highest BCUT2D eigenvalue weighted by Gasteiger charge is 2.07. The van der Waals surface area contributed by atoms with Gasteiger partial charge in [-0.2, -0.15) is 0 Å². The maximum Gasteiger partial charge on any atom is 0.224 e. The van der Waals surface area contributed by atoms with Crippen molar-refractivity contribution >= 4 is 29.1 Å². The molecule has 0 aliphatic heterocycles. The average Bonchev–Trinajstić information content (AvgIpc) is 2.23. The molecule has 1 atom stereocenters. The first-order valence-corrected chi connectivity index (χ1v) is 6.01. The van der Waals surface area contributed by atoms with Gasteiger partial charge in [-0.15, -0.1) is 0 Å². The van der Waals surface area contributed by atoms with Crippen LogP contribution in [0.15, 0.2) is 18.2 Å². The number of carbonyl (C=O) groups is 1. The first kappa shape index (κ1) is 13.3. The topological polar surface area (TPSA) is 29.1 Å². The largest absolute Gasteiger partial charge is 0.353 e. The van der Waals surface area contributed by atoms with E-state index in [1.165, 1.54) is 0 Å². The molecule has 0 unspecified atom stereocenters. The van der Waals surface area contributed by atoms with Gasteiger partial charge in [-0.1, -0.05) is 36.2 Å². The van der Waals surface area contributed by atoms with Crippen molar-refractivity contribution in [3.63, 3.8) is 0 Å². The van der Waals surface area contributed by atoms with Crippen LogP contribution in [-0.2, 0) is 11.2 Å². The van der Waals surface area contributed by atoms with Crippen LogP contribution < -0.4 is 5.32 Å². The fourth-order valence-electron chi connectivity index (χ4n) is 1.26. The predicted molar refractivity (Wildman–Crippen MR) is 68.1 cm³/mol. The molecule has 1 amide bonds. The van der Waals surface area contributed by atoms with E-state index in [1.54, 1.807) is 12.1 Å². The molecule has 0 heterocycles. The number of benzene rings is 1. The van der Waals surface area contributed by atoms with E-state index in [4.69, 9.17) is 23.2 Å². The quantitative estimate of drug-likeness (QED) is 0.882. The minimum atomic E-state index is 0.00717. The van der Waals surface area contributed by atoms with Crippen molar-refractivity contribution in [1.82, 2.24) is 5.32 Å². The second-order valence-corrected chi connectivity index (χ2v) is 4.62. The molecule has 2 nitrogen and oxygen atoms in total. The minimum absolute atomic E-state index is 0.00717. The molecule has 0 saturated heterocycles. The molecule has 0 aliphatic rings. The Kier molecular flexibility index (Phi) is 5.10. The Balaban J connectivity index is 2.59. The van der Waals surface area contributed by atoms with E-state index in [-0.39, 0.29) is 11.9 Å². The summed E-state index contributed by atoms with van der Waals surface area (Å²) in [7, 11) is 0. The summed E-state index contributed by atoms with van der Waals surface area (Å²) < 4.78 is 0. The van der Waals surface area contributed by atoms with E-state index in [9.17, 15) is 4.79 Å². The number of nitrogens with one attached hydrogen (secondary N) is 1. The lowest BCUT2D eigenvalue weighted by atomic mass is 10.1. The Hall–Kier alpha value is -0.730. The molecule has 0 spiro atoms. The van der Waals surface area contributed by atoms with E-state index in [0.717, 1.165) is 12.0 Å². The summed E-state index contributed by atoms with van der Waals surface area (Å²) in [4.78, 5) is 11.6. The van der Waals surface area contributed by atoms with E-state index < -0.39 is 0 Å². The molecule has 1 aromatic rings. The van der Waals surface area contributed by atoms with Crippen LogP contribution in [0.2, 0.25) is 10.0 Å². The molecule has 1 rings (SSSR count). The molecule has 0 aromatic heterocycles. The minimum Gasteiger partial charge on any atom is -0.353 e. The van der Waals surface area contributed by atoms with Crippen molar-refractivity contribution in [2.45, 2.75) is 32.7 Å². The van der Waals surface area contributed by atoms with Gasteiger partial charge in [-0.25, -0.2) is 0 Å². The first-order chi connectivity index (χ1) is 7.52. The Bertz CT molecular complexity index is 379. The lowest BCUT2D eigenvalue weighted by molar-refractivity contribution is -0.121. The third-order valence-electron chi connectivity index (χ3n) is 2.37. The second kappa shape index (κ2) is 6.12. The molecule has 88 valence electrons. The summed E-state index contributed by atoms with van der Waals surface area (Å²) in [6.45, 7) is 4.01. The average molecular weight is 260 g/mol. The lowest BCUT2D eigenvalue weighted by Gasteiger charge is -2.11. The molecule has 16 heavy (non-hydrogen) atoms. The van der Waals surface area contributed by atoms with E-state index >= 15 is 0 Å². The van der Waals surface area contributed by atoms with Crippen LogP contribution in [0.1, 0.15) is 25.8 Å². The number of halogens is 2. The van der Waals surface area contributed by atoms with Crippen molar-refractivity contribution < 1.29 is 4.79 Å². The molecule has 1 N–H and O–H groups in total. The van der Waals surface area contributed by atoms with Gasteiger partial charge in [0.15, 0.2) is 0 Å². The number of rotatable bonds is 4. The Morgan fingerprint density at radius 1 is 1.38 bits per heavy atom. The summed E-state index contributed by atoms with van der Waals surface area (Å²) in [5.41, 5.74) is 0.871. The number of amides is 1. The van der Waals surface area contributed by atoms with Gasteiger partial charge >= 0.3 is 0 Å². The normalized spacial score (nSPS) is 12.2. The molecule has 1 aromatic carbocycles. The molecule has 0 saturated carbocycles. The van der Waals surface area contributed by atoms with E-state index in [2.05, 4.69) is 5.32 Å². The number of carbonyl (C=O) groups excluding carboxylic acids is 1. The first-order valence-electron chi connectivity index (χ1n) is 5.26. The summed E-state index contributed by atoms with van der Waals surface area (Å²) >= 11 is 11.7. The highest BCUT2D eigenvalue weighted by Crippen LogP contribution is 2.22. The van der Waals surface area contributed by atoms with Gasteiger partial charge in [-0.3, -0.25) is 4.79 Å².